The lowest BCUT2D eigenvalue weighted by Gasteiger charge is -2.12. The number of nitrogens with zero attached hydrogens (tertiary/aromatic N) is 4. The first kappa shape index (κ1) is 46.7. The molecule has 1 aliphatic heterocycles. The van der Waals surface area contributed by atoms with Crippen molar-refractivity contribution in [1.82, 2.24) is 23.9 Å². The van der Waals surface area contributed by atoms with Crippen LogP contribution in [0.2, 0.25) is 0 Å². The van der Waals surface area contributed by atoms with E-state index in [1.54, 1.807) is 13.0 Å². The largest absolute Gasteiger partial charge is 0.391 e. The maximum Gasteiger partial charge on any atom is 0.241 e. The first-order valence-electron chi connectivity index (χ1n) is 14.6. The minimum atomic E-state index is -3.54. The fourth-order valence-electron chi connectivity index (χ4n) is 3.94. The molecule has 0 saturated carbocycles. The number of hydrogen-bond acceptors (Lipinski definition) is 14. The maximum atomic E-state index is 11.4. The van der Waals surface area contributed by atoms with Crippen LogP contribution < -0.4 is 18.9 Å². The quantitative estimate of drug-likeness (QED) is 0.172. The van der Waals surface area contributed by atoms with Crippen molar-refractivity contribution >= 4 is 55.5 Å². The number of aliphatic hydroxyl groups excluding tert-OH is 1. The van der Waals surface area contributed by atoms with Gasteiger partial charge in [0.25, 0.3) is 0 Å². The molecule has 0 aliphatic carbocycles. The minimum absolute atomic E-state index is 0.0292. The van der Waals surface area contributed by atoms with Gasteiger partial charge in [0.05, 0.1) is 39.2 Å². The molecule has 1 saturated heterocycles. The molecule has 0 spiro atoms. The normalized spacial score (nSPS) is 18.2. The summed E-state index contributed by atoms with van der Waals surface area (Å²) in [5.74, 6) is 3.31. The third-order valence-electron chi connectivity index (χ3n) is 6.94. The van der Waals surface area contributed by atoms with Crippen LogP contribution in [0.15, 0.2) is 75.5 Å². The summed E-state index contributed by atoms with van der Waals surface area (Å²) in [6, 6.07) is 18.5. The number of hydrogen-bond donors (Lipinski definition) is 5. The molecular formula is C30H38N8O10S5. The number of aliphatic hydroxyl groups is 1. The molecule has 1 fully saturated rings. The van der Waals surface area contributed by atoms with Crippen LogP contribution >= 0.6 is 0 Å². The molecule has 1 aromatic heterocycles. The van der Waals surface area contributed by atoms with Gasteiger partial charge in [-0.05, 0) is 111 Å². The smallest absolute Gasteiger partial charge is 0.241 e. The summed E-state index contributed by atoms with van der Waals surface area (Å²) < 4.78 is 110. The summed E-state index contributed by atoms with van der Waals surface area (Å²) in [6.07, 6.45) is 0.0761. The van der Waals surface area contributed by atoms with E-state index in [1.165, 1.54) is 82.8 Å². The molecular weight excluding hydrogens is 793 g/mol. The average Bonchev–Trinajstić information content (AvgIpc) is 3.44. The highest BCUT2D eigenvalue weighted by Gasteiger charge is 2.40. The zero-order chi connectivity index (χ0) is 40.8. The second kappa shape index (κ2) is 19.7. The van der Waals surface area contributed by atoms with E-state index in [-0.39, 0.29) is 31.9 Å². The molecule has 18 nitrogen and oxygen atoms in total. The summed E-state index contributed by atoms with van der Waals surface area (Å²) >= 11 is 0. The monoisotopic (exact) mass is 830 g/mol. The van der Waals surface area contributed by atoms with Gasteiger partial charge in [-0.15, -0.1) is 0 Å². The number of aryl methyl sites for hydroxylation is 1. The van der Waals surface area contributed by atoms with Crippen LogP contribution in [0.5, 0.6) is 0 Å². The van der Waals surface area contributed by atoms with Crippen LogP contribution in [0.3, 0.4) is 0 Å². The van der Waals surface area contributed by atoms with E-state index in [0.717, 1.165) is 6.20 Å². The molecule has 23 heteroatoms. The van der Waals surface area contributed by atoms with Crippen LogP contribution in [0.4, 0.5) is 0 Å². The minimum Gasteiger partial charge on any atom is -0.391 e. The highest BCUT2D eigenvalue weighted by atomic mass is 32.2. The Balaban J connectivity index is 0.000000354. The lowest BCUT2D eigenvalue weighted by Crippen LogP contribution is -2.39. The molecule has 2 aromatic carbocycles. The predicted octanol–water partition coefficient (Wildman–Crippen LogP) is -0.902. The second-order valence-corrected chi connectivity index (χ2v) is 20.9. The molecule has 0 radical (unpaired) electrons. The van der Waals surface area contributed by atoms with Crippen molar-refractivity contribution in [2.45, 2.75) is 33.0 Å². The third-order valence-corrected chi connectivity index (χ3v) is 15.2. The van der Waals surface area contributed by atoms with E-state index in [9.17, 15) is 43.0 Å². The maximum absolute atomic E-state index is 11.4. The molecule has 3 aromatic rings. The molecule has 0 amide bonds. The second-order valence-electron chi connectivity index (χ2n) is 10.5. The van der Waals surface area contributed by atoms with Gasteiger partial charge >= 0.3 is 0 Å². The van der Waals surface area contributed by atoms with E-state index >= 15 is 0 Å². The summed E-state index contributed by atoms with van der Waals surface area (Å²) in [7, 11) is -10.9. The first-order valence-corrected chi connectivity index (χ1v) is 22.7. The summed E-state index contributed by atoms with van der Waals surface area (Å²) in [4.78, 5) is 4.02. The van der Waals surface area contributed by atoms with E-state index in [1.807, 2.05) is 12.1 Å². The van der Waals surface area contributed by atoms with E-state index in [4.69, 9.17) is 15.8 Å². The Kier molecular flexibility index (Phi) is 17.3. The first-order chi connectivity index (χ1) is 24.5. The summed E-state index contributed by atoms with van der Waals surface area (Å²) in [5, 5.41) is 33.9. The topological polar surface area (TPSA) is 306 Å². The van der Waals surface area contributed by atoms with Crippen LogP contribution in [0, 0.1) is 40.9 Å². The highest BCUT2D eigenvalue weighted by molar-refractivity contribution is 8.02. The van der Waals surface area contributed by atoms with Gasteiger partial charge in [-0.1, -0.05) is 0 Å². The molecule has 2 heterocycles. The standard InChI is InChI=1S/C9H10N2O2S.C8H8N2O2S.C7H7N3O2S.C6H13NO4S2/c1-7-5-9(14(12,13)11-2)4-3-8(7)6-10;1-10-13(11,12)8-4-2-7(6-9)3-5-8;1-9-13(11,12)7-3-2-6(4-8)10-5-7;1-7-13(10,11)6-4-12(2,9)3-5(6)8/h3-5,11H,1-2H3;2-5,10H,1H3;2-3,5,9H,1H3;5-8H,2-4H2,1H3. The number of aromatic nitrogens is 1. The van der Waals surface area contributed by atoms with Crippen LogP contribution in [0.1, 0.15) is 22.4 Å². The number of benzene rings is 2. The predicted molar refractivity (Wildman–Crippen MR) is 198 cm³/mol. The number of nitrogens with one attached hydrogen (secondary N) is 4. The van der Waals surface area contributed by atoms with E-state index in [2.05, 4.69) is 29.7 Å². The highest BCUT2D eigenvalue weighted by Crippen LogP contribution is 2.19. The Labute approximate surface area is 310 Å². The van der Waals surface area contributed by atoms with Crippen molar-refractivity contribution in [3.05, 3.63) is 83.2 Å². The Hall–Kier alpha value is -4.32. The fourth-order valence-corrected chi connectivity index (χ4v) is 10.4. The van der Waals surface area contributed by atoms with Gasteiger partial charge in [-0.3, -0.25) is 4.21 Å². The van der Waals surface area contributed by atoms with Crippen LogP contribution in [-0.4, -0.2) is 105 Å². The lowest BCUT2D eigenvalue weighted by atomic mass is 10.1. The van der Waals surface area contributed by atoms with Gasteiger partial charge in [-0.2, -0.15) is 15.8 Å². The van der Waals surface area contributed by atoms with E-state index < -0.39 is 61.0 Å². The van der Waals surface area contributed by atoms with Gasteiger partial charge in [-0.25, -0.2) is 57.5 Å². The number of sulfonamides is 4. The molecule has 0 bridgehead atoms. The van der Waals surface area contributed by atoms with Crippen molar-refractivity contribution in [2.24, 2.45) is 0 Å². The summed E-state index contributed by atoms with van der Waals surface area (Å²) in [5.41, 5.74) is 1.77. The summed E-state index contributed by atoms with van der Waals surface area (Å²) in [6.45, 7) is 1.70. The van der Waals surface area contributed by atoms with Crippen molar-refractivity contribution < 1.29 is 43.0 Å². The Morgan fingerprint density at radius 2 is 1.21 bits per heavy atom. The molecule has 1 aliphatic rings. The van der Waals surface area contributed by atoms with Crippen molar-refractivity contribution in [3.8, 4) is 18.2 Å². The van der Waals surface area contributed by atoms with Crippen LogP contribution in [-0.2, 0) is 49.6 Å². The van der Waals surface area contributed by atoms with Crippen molar-refractivity contribution in [1.29, 1.82) is 15.8 Å². The van der Waals surface area contributed by atoms with Crippen LogP contribution in [0.25, 0.3) is 0 Å². The average molecular weight is 831 g/mol. The third kappa shape index (κ3) is 13.9. The molecule has 5 N–H and O–H groups in total. The molecule has 3 unspecified atom stereocenters. The number of rotatable bonds is 8. The molecule has 4 rings (SSSR count). The molecule has 288 valence electrons. The zero-order valence-corrected chi connectivity index (χ0v) is 33.1. The van der Waals surface area contributed by atoms with Gasteiger partial charge < -0.3 is 5.11 Å². The van der Waals surface area contributed by atoms with E-state index in [0.29, 0.717) is 16.7 Å². The lowest BCUT2D eigenvalue weighted by molar-refractivity contribution is 0.204. The number of nitriles is 3. The SMILES string of the molecule is C=S1(=O)CC(O)C(S(=O)(=O)NC)C1.CNS(=O)(=O)c1ccc(C#N)c(C)c1.CNS(=O)(=O)c1ccc(C#N)cc1.CNS(=O)(=O)c1ccc(C#N)nc1. The van der Waals surface area contributed by atoms with Gasteiger partial charge in [0.15, 0.2) is 0 Å². The van der Waals surface area contributed by atoms with Crippen molar-refractivity contribution in [3.63, 3.8) is 0 Å². The van der Waals surface area contributed by atoms with Gasteiger partial charge in [0.1, 0.15) is 21.9 Å². The van der Waals surface area contributed by atoms with Gasteiger partial charge in [0, 0.05) is 17.7 Å². The fraction of sp³-hybridized carbons (Fsp3) is 0.300. The zero-order valence-electron chi connectivity index (χ0n) is 29.0. The number of pyridine rings is 1. The molecule has 53 heavy (non-hydrogen) atoms. The Bertz CT molecular complexity index is 2330. The Morgan fingerprint density at radius 1 is 0.717 bits per heavy atom. The Morgan fingerprint density at radius 3 is 1.58 bits per heavy atom. The molecule has 3 atom stereocenters. The van der Waals surface area contributed by atoms with Gasteiger partial charge in [0.2, 0.25) is 40.1 Å². The van der Waals surface area contributed by atoms with Crippen molar-refractivity contribution in [2.75, 3.05) is 39.7 Å².